The zero-order valence-corrected chi connectivity index (χ0v) is 16.5. The Morgan fingerprint density at radius 2 is 1.53 bits per heavy atom. The summed E-state index contributed by atoms with van der Waals surface area (Å²) in [6.07, 6.45) is -4.99. The summed E-state index contributed by atoms with van der Waals surface area (Å²) in [4.78, 5) is 0. The third-order valence-corrected chi connectivity index (χ3v) is 4.12. The molecule has 2 aromatic rings. The second kappa shape index (κ2) is 9.00. The number of nitrogens with one attached hydrogen (secondary N) is 1. The maximum atomic E-state index is 14.2. The molecule has 1 N–H and O–H groups in total. The minimum absolute atomic E-state index is 0.0440. The molecule has 0 atom stereocenters. The average molecular weight is 504 g/mol. The van der Waals surface area contributed by atoms with Gasteiger partial charge in [0.15, 0.2) is 28.7 Å². The summed E-state index contributed by atoms with van der Waals surface area (Å²) in [6, 6.07) is 7.10. The Kier molecular flexibility index (Phi) is 6.88. The van der Waals surface area contributed by atoms with Crippen LogP contribution in [0.2, 0.25) is 5.02 Å². The molecule has 2 aromatic carbocycles. The van der Waals surface area contributed by atoms with E-state index in [9.17, 15) is 22.0 Å². The summed E-state index contributed by atoms with van der Waals surface area (Å²) in [5, 5.41) is 29.1. The molecule has 0 aliphatic carbocycles. The van der Waals surface area contributed by atoms with E-state index < -0.39 is 46.1 Å². The Morgan fingerprint density at radius 3 is 2.00 bits per heavy atom. The lowest BCUT2D eigenvalue weighted by Gasteiger charge is -2.16. The first-order valence-electron chi connectivity index (χ1n) is 7.46. The van der Waals surface area contributed by atoms with Crippen LogP contribution >= 0.6 is 27.5 Å². The zero-order chi connectivity index (χ0) is 22.6. The van der Waals surface area contributed by atoms with Crippen LogP contribution in [0.3, 0.4) is 0 Å². The smallest absolute Gasteiger partial charge is 0.416 e. The van der Waals surface area contributed by atoms with Crippen molar-refractivity contribution in [3.8, 4) is 29.7 Å². The lowest BCUT2D eigenvalue weighted by Crippen LogP contribution is -2.08. The quantitative estimate of drug-likeness (QED) is 0.383. The maximum absolute atomic E-state index is 14.2. The number of ether oxygens (including phenoxy) is 1. The highest BCUT2D eigenvalue weighted by atomic mass is 79.9. The molecule has 0 bridgehead atoms. The van der Waals surface area contributed by atoms with Gasteiger partial charge in [-0.1, -0.05) is 27.5 Å². The van der Waals surface area contributed by atoms with Gasteiger partial charge in [0, 0.05) is 4.47 Å². The minimum Gasteiger partial charge on any atom is -0.447 e. The fourth-order valence-corrected chi connectivity index (χ4v) is 2.95. The van der Waals surface area contributed by atoms with E-state index in [4.69, 9.17) is 32.1 Å². The number of rotatable bonds is 4. The van der Waals surface area contributed by atoms with E-state index in [1.807, 2.05) is 0 Å². The molecule has 2 rings (SSSR count). The molecular formula is C18H5BrClF5N4O. The van der Waals surface area contributed by atoms with Crippen molar-refractivity contribution in [2.75, 3.05) is 5.32 Å². The molecular weight excluding hydrogens is 499 g/mol. The van der Waals surface area contributed by atoms with Gasteiger partial charge in [0.05, 0.1) is 16.3 Å². The maximum Gasteiger partial charge on any atom is 0.416 e. The van der Waals surface area contributed by atoms with E-state index in [1.165, 1.54) is 24.3 Å². The number of halogens is 7. The highest BCUT2D eigenvalue weighted by molar-refractivity contribution is 9.10. The van der Waals surface area contributed by atoms with Gasteiger partial charge in [-0.05, 0) is 24.3 Å². The zero-order valence-electron chi connectivity index (χ0n) is 14.2. The normalized spacial score (nSPS) is 10.4. The number of hydrogen-bond acceptors (Lipinski definition) is 5. The largest absolute Gasteiger partial charge is 0.447 e. The molecule has 0 aliphatic heterocycles. The number of anilines is 1. The predicted octanol–water partition coefficient (Wildman–Crippen LogP) is 6.43. The van der Waals surface area contributed by atoms with E-state index >= 15 is 0 Å². The Labute approximate surface area is 179 Å². The Morgan fingerprint density at radius 1 is 0.967 bits per heavy atom. The van der Waals surface area contributed by atoms with Gasteiger partial charge in [0.2, 0.25) is 0 Å². The van der Waals surface area contributed by atoms with Crippen LogP contribution in [0.4, 0.5) is 27.6 Å². The summed E-state index contributed by atoms with van der Waals surface area (Å²) >= 11 is 9.11. The van der Waals surface area contributed by atoms with Crippen molar-refractivity contribution in [2.45, 2.75) is 6.18 Å². The summed E-state index contributed by atoms with van der Waals surface area (Å²) in [5.74, 6) is -4.96. The van der Waals surface area contributed by atoms with Gasteiger partial charge in [0.25, 0.3) is 0 Å². The van der Waals surface area contributed by atoms with Crippen LogP contribution in [0.1, 0.15) is 5.56 Å². The first-order chi connectivity index (χ1) is 14.0. The topological polar surface area (TPSA) is 92.6 Å². The van der Waals surface area contributed by atoms with Crippen LogP contribution in [0.5, 0.6) is 11.5 Å². The molecule has 12 heteroatoms. The molecule has 0 saturated carbocycles. The van der Waals surface area contributed by atoms with Crippen LogP contribution in [0.25, 0.3) is 0 Å². The van der Waals surface area contributed by atoms with E-state index in [0.717, 1.165) is 0 Å². The summed E-state index contributed by atoms with van der Waals surface area (Å²) in [7, 11) is 0. The number of allylic oxidation sites excluding steroid dienone is 2. The van der Waals surface area contributed by atoms with Gasteiger partial charge >= 0.3 is 6.18 Å². The van der Waals surface area contributed by atoms with Gasteiger partial charge in [-0.15, -0.1) is 0 Å². The Hall–Kier alpha value is -3.33. The number of benzene rings is 2. The third kappa shape index (κ3) is 4.98. The van der Waals surface area contributed by atoms with Crippen molar-refractivity contribution in [1.29, 1.82) is 15.8 Å². The average Bonchev–Trinajstić information content (AvgIpc) is 2.65. The number of nitriles is 3. The number of nitrogens with zero attached hydrogens (tertiary/aromatic N) is 3. The molecule has 0 spiro atoms. The highest BCUT2D eigenvalue weighted by Crippen LogP contribution is 2.42. The third-order valence-electron chi connectivity index (χ3n) is 3.38. The van der Waals surface area contributed by atoms with Gasteiger partial charge in [0.1, 0.15) is 23.9 Å². The van der Waals surface area contributed by atoms with Crippen LogP contribution in [0, 0.1) is 45.6 Å². The Balaban J connectivity index is 2.60. The molecule has 0 aliphatic rings. The van der Waals surface area contributed by atoms with Crippen LogP contribution in [0.15, 0.2) is 40.0 Å². The highest BCUT2D eigenvalue weighted by Gasteiger charge is 2.33. The van der Waals surface area contributed by atoms with Crippen molar-refractivity contribution in [3.05, 3.63) is 62.2 Å². The second-order valence-electron chi connectivity index (χ2n) is 5.34. The van der Waals surface area contributed by atoms with Gasteiger partial charge in [-0.3, -0.25) is 0 Å². The van der Waals surface area contributed by atoms with Crippen molar-refractivity contribution >= 4 is 33.2 Å². The standard InChI is InChI=1S/C18H5BrClF5N4O/c19-10-3-11(20)16(14(4-10)29-15(7-28)8(5-26)6-27)30-17-12(21)1-9(2-13(17)22)18(23,24)25/h1-4,29H. The van der Waals surface area contributed by atoms with E-state index in [0.29, 0.717) is 4.47 Å². The van der Waals surface area contributed by atoms with Crippen molar-refractivity contribution in [2.24, 2.45) is 0 Å². The molecule has 152 valence electrons. The lowest BCUT2D eigenvalue weighted by atomic mass is 10.2. The minimum atomic E-state index is -4.99. The first kappa shape index (κ1) is 23.0. The summed E-state index contributed by atoms with van der Waals surface area (Å²) < 4.78 is 71.8. The lowest BCUT2D eigenvalue weighted by molar-refractivity contribution is -0.138. The van der Waals surface area contributed by atoms with Crippen LogP contribution in [-0.4, -0.2) is 0 Å². The first-order valence-corrected chi connectivity index (χ1v) is 8.63. The molecule has 0 aromatic heterocycles. The van der Waals surface area contributed by atoms with E-state index in [-0.39, 0.29) is 22.8 Å². The number of alkyl halides is 3. The molecule has 0 unspecified atom stereocenters. The summed E-state index contributed by atoms with van der Waals surface area (Å²) in [6.45, 7) is 0. The Bertz CT molecular complexity index is 1140. The van der Waals surface area contributed by atoms with E-state index in [1.54, 1.807) is 6.07 Å². The van der Waals surface area contributed by atoms with Crippen molar-refractivity contribution < 1.29 is 26.7 Å². The predicted molar refractivity (Wildman–Crippen MR) is 98.1 cm³/mol. The van der Waals surface area contributed by atoms with Gasteiger partial charge < -0.3 is 10.1 Å². The van der Waals surface area contributed by atoms with Gasteiger partial charge in [-0.25, -0.2) is 8.78 Å². The molecule has 0 saturated heterocycles. The monoisotopic (exact) mass is 502 g/mol. The van der Waals surface area contributed by atoms with Gasteiger partial charge in [-0.2, -0.15) is 29.0 Å². The second-order valence-corrected chi connectivity index (χ2v) is 6.67. The number of hydrogen-bond donors (Lipinski definition) is 1. The van der Waals surface area contributed by atoms with Crippen molar-refractivity contribution in [1.82, 2.24) is 0 Å². The fourth-order valence-electron chi connectivity index (χ4n) is 2.10. The molecule has 0 heterocycles. The molecule has 0 amide bonds. The van der Waals surface area contributed by atoms with E-state index in [2.05, 4.69) is 21.2 Å². The molecule has 5 nitrogen and oxygen atoms in total. The molecule has 0 radical (unpaired) electrons. The van der Waals surface area contributed by atoms with Crippen molar-refractivity contribution in [3.63, 3.8) is 0 Å². The van der Waals surface area contributed by atoms with Crippen LogP contribution < -0.4 is 10.1 Å². The molecule has 30 heavy (non-hydrogen) atoms. The van der Waals surface area contributed by atoms with Crippen LogP contribution in [-0.2, 0) is 6.18 Å². The fraction of sp³-hybridized carbons (Fsp3) is 0.0556. The molecule has 0 fully saturated rings. The summed E-state index contributed by atoms with van der Waals surface area (Å²) in [5.41, 5.74) is -2.89. The SMILES string of the molecule is N#CC(C#N)=C(C#N)Nc1cc(Br)cc(Cl)c1Oc1c(F)cc(C(F)(F)F)cc1F.